The first-order valence-electron chi connectivity index (χ1n) is 9.50. The number of hydrogen-bond donors (Lipinski definition) is 0. The first-order chi connectivity index (χ1) is 12.1. The minimum absolute atomic E-state index is 0.103. The molecular weight excluding hydrogens is 343 g/mol. The summed E-state index contributed by atoms with van der Waals surface area (Å²) in [6.45, 7) is 3.22. The molecule has 4 saturated carbocycles. The molecule has 7 heteroatoms. The van der Waals surface area contributed by atoms with E-state index in [4.69, 9.17) is 0 Å². The minimum Gasteiger partial charge on any atom is -0.338 e. The second-order valence-corrected chi connectivity index (χ2v) is 8.83. The van der Waals surface area contributed by atoms with E-state index in [0.29, 0.717) is 23.4 Å². The number of amides is 1. The molecule has 0 N–H and O–H groups in total. The highest BCUT2D eigenvalue weighted by molar-refractivity contribution is 5.80. The van der Waals surface area contributed by atoms with Gasteiger partial charge in [0.15, 0.2) is 5.69 Å². The minimum atomic E-state index is -4.50. The normalized spacial score (nSPS) is 34.2. The summed E-state index contributed by atoms with van der Waals surface area (Å²) in [5.74, 6) is 1.98. The van der Waals surface area contributed by atoms with Crippen LogP contribution < -0.4 is 0 Å². The van der Waals surface area contributed by atoms with Gasteiger partial charge in [-0.15, -0.1) is 0 Å². The molecule has 4 nitrogen and oxygen atoms in total. The van der Waals surface area contributed by atoms with E-state index in [-0.39, 0.29) is 11.4 Å². The molecule has 0 unspecified atom stereocenters. The third-order valence-corrected chi connectivity index (χ3v) is 6.99. The van der Waals surface area contributed by atoms with Crippen molar-refractivity contribution in [3.63, 3.8) is 0 Å². The quantitative estimate of drug-likeness (QED) is 0.801. The average molecular weight is 369 g/mol. The molecule has 144 valence electrons. The first-order valence-corrected chi connectivity index (χ1v) is 9.50. The van der Waals surface area contributed by atoms with Crippen molar-refractivity contribution < 1.29 is 18.0 Å². The molecule has 4 fully saturated rings. The Morgan fingerprint density at radius 3 is 2.15 bits per heavy atom. The van der Waals surface area contributed by atoms with Crippen molar-refractivity contribution in [1.82, 2.24) is 14.7 Å². The van der Waals surface area contributed by atoms with Gasteiger partial charge in [0.2, 0.25) is 5.91 Å². The lowest BCUT2D eigenvalue weighted by atomic mass is 9.52. The summed E-state index contributed by atoms with van der Waals surface area (Å²) < 4.78 is 40.0. The van der Waals surface area contributed by atoms with Crippen LogP contribution in [0.2, 0.25) is 0 Å². The van der Waals surface area contributed by atoms with Crippen LogP contribution in [0.5, 0.6) is 0 Å². The van der Waals surface area contributed by atoms with Gasteiger partial charge in [0.1, 0.15) is 6.04 Å². The number of carbonyl (C=O) groups is 1. The highest BCUT2D eigenvalue weighted by atomic mass is 19.4. The second-order valence-electron chi connectivity index (χ2n) is 8.83. The third kappa shape index (κ3) is 2.74. The van der Waals surface area contributed by atoms with E-state index >= 15 is 0 Å². The Morgan fingerprint density at radius 1 is 1.23 bits per heavy atom. The Bertz CT molecular complexity index is 689. The van der Waals surface area contributed by atoms with Gasteiger partial charge in [-0.3, -0.25) is 9.48 Å². The molecule has 4 bridgehead atoms. The van der Waals surface area contributed by atoms with Crippen molar-refractivity contribution in [2.45, 2.75) is 70.1 Å². The molecule has 26 heavy (non-hydrogen) atoms. The molecular formula is C19H26F3N3O. The van der Waals surface area contributed by atoms with E-state index < -0.39 is 17.9 Å². The molecule has 0 radical (unpaired) electrons. The maximum Gasteiger partial charge on any atom is 0.435 e. The van der Waals surface area contributed by atoms with Crippen molar-refractivity contribution >= 4 is 5.91 Å². The lowest BCUT2D eigenvalue weighted by Gasteiger charge is -2.60. The number of alkyl halides is 3. The third-order valence-electron chi connectivity index (χ3n) is 6.99. The summed E-state index contributed by atoms with van der Waals surface area (Å²) in [6.07, 6.45) is 2.47. The topological polar surface area (TPSA) is 38.1 Å². The Morgan fingerprint density at radius 2 is 1.73 bits per heavy atom. The lowest BCUT2D eigenvalue weighted by molar-refractivity contribution is -0.151. The fourth-order valence-electron chi connectivity index (χ4n) is 6.11. The van der Waals surface area contributed by atoms with E-state index in [9.17, 15) is 18.0 Å². The number of aromatic nitrogens is 2. The van der Waals surface area contributed by atoms with E-state index in [1.807, 2.05) is 11.9 Å². The van der Waals surface area contributed by atoms with Crippen LogP contribution in [0, 0.1) is 24.7 Å². The van der Waals surface area contributed by atoms with Crippen molar-refractivity contribution in [3.8, 4) is 0 Å². The fourth-order valence-corrected chi connectivity index (χ4v) is 6.11. The van der Waals surface area contributed by atoms with Gasteiger partial charge in [-0.25, -0.2) is 0 Å². The summed E-state index contributed by atoms with van der Waals surface area (Å²) in [4.78, 5) is 15.0. The molecule has 5 rings (SSSR count). The monoisotopic (exact) mass is 369 g/mol. The molecule has 0 aliphatic heterocycles. The SMILES string of the molecule is Cc1cc(C(F)(F)F)nn1[C@H](C)C(=O)N(C)C12CC3CC(CC(C3)C1)C2. The van der Waals surface area contributed by atoms with Crippen LogP contribution in [-0.2, 0) is 11.0 Å². The molecule has 1 heterocycles. The van der Waals surface area contributed by atoms with Crippen molar-refractivity contribution in [2.24, 2.45) is 17.8 Å². The Hall–Kier alpha value is -1.53. The van der Waals surface area contributed by atoms with Crippen LogP contribution in [0.4, 0.5) is 13.2 Å². The van der Waals surface area contributed by atoms with Crippen LogP contribution in [-0.4, -0.2) is 33.2 Å². The molecule has 0 aromatic carbocycles. The molecule has 1 amide bonds. The number of hydrogen-bond acceptors (Lipinski definition) is 2. The van der Waals surface area contributed by atoms with Crippen molar-refractivity contribution in [2.75, 3.05) is 7.05 Å². The number of rotatable bonds is 3. The number of likely N-dealkylation sites (N-methyl/N-ethyl adjacent to an activating group) is 1. The van der Waals surface area contributed by atoms with Crippen LogP contribution >= 0.6 is 0 Å². The molecule has 0 spiro atoms. The van der Waals surface area contributed by atoms with Gasteiger partial charge in [-0.2, -0.15) is 18.3 Å². The van der Waals surface area contributed by atoms with E-state index in [1.54, 1.807) is 13.8 Å². The summed E-state index contributed by atoms with van der Waals surface area (Å²) in [7, 11) is 1.84. The average Bonchev–Trinajstić information content (AvgIpc) is 2.93. The maximum atomic E-state index is 13.2. The van der Waals surface area contributed by atoms with Gasteiger partial charge in [-0.05, 0) is 76.2 Å². The predicted octanol–water partition coefficient (Wildman–Crippen LogP) is 4.20. The fraction of sp³-hybridized carbons (Fsp3) is 0.789. The Kier molecular flexibility index (Phi) is 3.94. The van der Waals surface area contributed by atoms with Gasteiger partial charge in [-0.1, -0.05) is 0 Å². The van der Waals surface area contributed by atoms with Crippen LogP contribution in [0.25, 0.3) is 0 Å². The molecule has 0 saturated heterocycles. The van der Waals surface area contributed by atoms with Gasteiger partial charge in [0.05, 0.1) is 0 Å². The molecule has 4 aliphatic rings. The first kappa shape index (κ1) is 17.9. The van der Waals surface area contributed by atoms with Crippen LogP contribution in [0.1, 0.15) is 62.9 Å². The van der Waals surface area contributed by atoms with Crippen LogP contribution in [0.15, 0.2) is 6.07 Å². The predicted molar refractivity (Wildman–Crippen MR) is 90.4 cm³/mol. The van der Waals surface area contributed by atoms with Crippen molar-refractivity contribution in [3.05, 3.63) is 17.5 Å². The van der Waals surface area contributed by atoms with Gasteiger partial charge in [0.25, 0.3) is 0 Å². The zero-order valence-corrected chi connectivity index (χ0v) is 15.5. The smallest absolute Gasteiger partial charge is 0.338 e. The molecule has 1 atom stereocenters. The van der Waals surface area contributed by atoms with Gasteiger partial charge < -0.3 is 4.90 Å². The van der Waals surface area contributed by atoms with E-state index in [2.05, 4.69) is 5.10 Å². The summed E-state index contributed by atoms with van der Waals surface area (Å²) in [5, 5.41) is 3.67. The lowest BCUT2D eigenvalue weighted by Crippen LogP contribution is -2.61. The zero-order chi connectivity index (χ0) is 18.9. The second kappa shape index (κ2) is 5.73. The number of carbonyl (C=O) groups excluding carboxylic acids is 1. The summed E-state index contributed by atoms with van der Waals surface area (Å²) >= 11 is 0. The standard InChI is InChI=1S/C19H26F3N3O/c1-11-4-16(19(20,21)22)23-25(11)12(2)17(26)24(3)18-8-13-5-14(9-18)7-15(6-13)10-18/h4,12-15H,5-10H2,1-3H3/t12-,13?,14?,15?,18?/m1/s1. The van der Waals surface area contributed by atoms with E-state index in [1.165, 1.54) is 23.9 Å². The molecule has 1 aromatic rings. The molecule has 1 aromatic heterocycles. The van der Waals surface area contributed by atoms with Gasteiger partial charge in [0, 0.05) is 18.3 Å². The molecule has 4 aliphatic carbocycles. The number of halogens is 3. The number of nitrogens with zero attached hydrogens (tertiary/aromatic N) is 3. The van der Waals surface area contributed by atoms with Gasteiger partial charge >= 0.3 is 6.18 Å². The van der Waals surface area contributed by atoms with Crippen LogP contribution in [0.3, 0.4) is 0 Å². The van der Waals surface area contributed by atoms with E-state index in [0.717, 1.165) is 25.3 Å². The maximum absolute atomic E-state index is 13.2. The van der Waals surface area contributed by atoms with Crippen molar-refractivity contribution in [1.29, 1.82) is 0 Å². The number of aryl methyl sites for hydroxylation is 1. The highest BCUT2D eigenvalue weighted by Gasteiger charge is 2.54. The summed E-state index contributed by atoms with van der Waals surface area (Å²) in [6, 6.07) is 0.276. The largest absolute Gasteiger partial charge is 0.435 e. The highest BCUT2D eigenvalue weighted by Crippen LogP contribution is 2.57. The zero-order valence-electron chi connectivity index (χ0n) is 15.5. The Balaban J connectivity index is 1.57. The Labute approximate surface area is 151 Å². The summed E-state index contributed by atoms with van der Waals surface area (Å²) in [5.41, 5.74) is -0.683.